The Hall–Kier alpha value is -1.28. The van der Waals surface area contributed by atoms with E-state index >= 15 is 0 Å². The topological polar surface area (TPSA) is 23.5 Å². The van der Waals surface area contributed by atoms with Crippen molar-refractivity contribution in [1.29, 1.82) is 0 Å². The molecule has 0 heterocycles. The average molecular weight is 205 g/mol. The van der Waals surface area contributed by atoms with E-state index in [0.29, 0.717) is 0 Å². The molecule has 0 aliphatic heterocycles. The number of aliphatic hydroxyl groups excluding tert-OH is 1. The monoisotopic (exact) mass is 205 g/mol. The van der Waals surface area contributed by atoms with Gasteiger partial charge in [-0.15, -0.1) is 0 Å². The van der Waals surface area contributed by atoms with Gasteiger partial charge >= 0.3 is 0 Å². The fourth-order valence-corrected chi connectivity index (χ4v) is 1.36. The van der Waals surface area contributed by atoms with Gasteiger partial charge in [0.15, 0.2) is 0 Å². The Kier molecular flexibility index (Phi) is 4.37. The number of hydrogen-bond acceptors (Lipinski definition) is 2. The second-order valence-electron chi connectivity index (χ2n) is 3.80. The van der Waals surface area contributed by atoms with Crippen LogP contribution in [0.2, 0.25) is 0 Å². The Balaban J connectivity index is 2.84. The summed E-state index contributed by atoms with van der Waals surface area (Å²) in [7, 11) is 4.05. The molecule has 0 amide bonds. The summed E-state index contributed by atoms with van der Waals surface area (Å²) in [6.45, 7) is 2.20. The minimum atomic E-state index is 0.145. The maximum absolute atomic E-state index is 9.05. The van der Waals surface area contributed by atoms with Crippen LogP contribution in [0, 0.1) is 0 Å². The van der Waals surface area contributed by atoms with Crippen LogP contribution in [-0.2, 0) is 0 Å². The molecule has 0 saturated heterocycles. The Morgan fingerprint density at radius 2 is 1.87 bits per heavy atom. The first-order valence-electron chi connectivity index (χ1n) is 5.25. The summed E-state index contributed by atoms with van der Waals surface area (Å²) in [4.78, 5) is 2.07. The molecule has 0 fully saturated rings. The zero-order chi connectivity index (χ0) is 11.3. The van der Waals surface area contributed by atoms with Gasteiger partial charge in [-0.1, -0.05) is 25.1 Å². The fraction of sp³-hybridized carbons (Fsp3) is 0.385. The first kappa shape index (κ1) is 11.8. The van der Waals surface area contributed by atoms with Gasteiger partial charge in [-0.25, -0.2) is 0 Å². The van der Waals surface area contributed by atoms with Crippen molar-refractivity contribution in [3.05, 3.63) is 35.4 Å². The molecule has 0 spiro atoms. The van der Waals surface area contributed by atoms with Crippen molar-refractivity contribution in [1.82, 2.24) is 0 Å². The maximum Gasteiger partial charge on any atom is 0.0644 e. The second-order valence-corrected chi connectivity index (χ2v) is 3.80. The smallest absolute Gasteiger partial charge is 0.0644 e. The molecule has 15 heavy (non-hydrogen) atoms. The summed E-state index contributed by atoms with van der Waals surface area (Å²) in [5.74, 6) is 0. The minimum Gasteiger partial charge on any atom is -0.392 e. The highest BCUT2D eigenvalue weighted by molar-refractivity contribution is 5.57. The first-order chi connectivity index (χ1) is 7.17. The van der Waals surface area contributed by atoms with Gasteiger partial charge in [0.05, 0.1) is 6.61 Å². The maximum atomic E-state index is 9.05. The van der Waals surface area contributed by atoms with E-state index in [9.17, 15) is 0 Å². The molecule has 1 aromatic carbocycles. The summed E-state index contributed by atoms with van der Waals surface area (Å²) < 4.78 is 0. The lowest BCUT2D eigenvalue weighted by molar-refractivity contribution is 0.329. The largest absolute Gasteiger partial charge is 0.392 e. The van der Waals surface area contributed by atoms with Crippen molar-refractivity contribution >= 4 is 11.8 Å². The lowest BCUT2D eigenvalue weighted by atomic mass is 10.1. The van der Waals surface area contributed by atoms with Crippen molar-refractivity contribution in [3.63, 3.8) is 0 Å². The van der Waals surface area contributed by atoms with E-state index in [1.165, 1.54) is 5.69 Å². The zero-order valence-corrected chi connectivity index (χ0v) is 9.70. The normalized spacial score (nSPS) is 11.6. The van der Waals surface area contributed by atoms with Crippen molar-refractivity contribution in [2.24, 2.45) is 0 Å². The lowest BCUT2D eigenvalue weighted by Gasteiger charge is -2.12. The lowest BCUT2D eigenvalue weighted by Crippen LogP contribution is -2.07. The van der Waals surface area contributed by atoms with Crippen molar-refractivity contribution in [2.45, 2.75) is 13.3 Å². The fourth-order valence-electron chi connectivity index (χ4n) is 1.36. The van der Waals surface area contributed by atoms with E-state index in [1.807, 2.05) is 20.2 Å². The summed E-state index contributed by atoms with van der Waals surface area (Å²) >= 11 is 0. The standard InChI is InChI=1S/C13H19NO/c1-4-11(10-15)9-12-5-7-13(8-6-12)14(2)3/h5-9,15H,4,10H2,1-3H3. The second kappa shape index (κ2) is 5.56. The average Bonchev–Trinajstić information content (AvgIpc) is 2.26. The summed E-state index contributed by atoms with van der Waals surface area (Å²) in [5, 5.41) is 9.05. The van der Waals surface area contributed by atoms with Crippen LogP contribution in [0.15, 0.2) is 29.8 Å². The number of rotatable bonds is 4. The molecule has 0 aliphatic carbocycles. The summed E-state index contributed by atoms with van der Waals surface area (Å²) in [6.07, 6.45) is 2.94. The molecule has 0 aliphatic rings. The van der Waals surface area contributed by atoms with Gasteiger partial charge in [0.1, 0.15) is 0 Å². The number of anilines is 1. The third-order valence-electron chi connectivity index (χ3n) is 2.44. The van der Waals surface area contributed by atoms with Crippen molar-refractivity contribution in [2.75, 3.05) is 25.6 Å². The first-order valence-corrected chi connectivity index (χ1v) is 5.25. The quantitative estimate of drug-likeness (QED) is 0.816. The van der Waals surface area contributed by atoms with Crippen LogP contribution in [0.1, 0.15) is 18.9 Å². The van der Waals surface area contributed by atoms with Gasteiger partial charge in [0, 0.05) is 19.8 Å². The molecule has 82 valence electrons. The molecule has 0 bridgehead atoms. The molecule has 1 aromatic rings. The van der Waals surface area contributed by atoms with Gasteiger partial charge in [-0.3, -0.25) is 0 Å². The van der Waals surface area contributed by atoms with Crippen LogP contribution in [0.5, 0.6) is 0 Å². The van der Waals surface area contributed by atoms with E-state index in [1.54, 1.807) is 0 Å². The summed E-state index contributed by atoms with van der Waals surface area (Å²) in [6, 6.07) is 8.30. The predicted molar refractivity (Wildman–Crippen MR) is 66.1 cm³/mol. The Morgan fingerprint density at radius 3 is 2.27 bits per heavy atom. The number of benzene rings is 1. The molecule has 2 nitrogen and oxygen atoms in total. The zero-order valence-electron chi connectivity index (χ0n) is 9.70. The van der Waals surface area contributed by atoms with Crippen LogP contribution >= 0.6 is 0 Å². The van der Waals surface area contributed by atoms with Gasteiger partial charge < -0.3 is 10.0 Å². The Morgan fingerprint density at radius 1 is 1.27 bits per heavy atom. The number of aliphatic hydroxyl groups is 1. The third kappa shape index (κ3) is 3.40. The number of hydrogen-bond donors (Lipinski definition) is 1. The number of nitrogens with zero attached hydrogens (tertiary/aromatic N) is 1. The highest BCUT2D eigenvalue weighted by Gasteiger charge is 1.96. The predicted octanol–water partition coefficient (Wildman–Crippen LogP) is 2.54. The van der Waals surface area contributed by atoms with E-state index in [0.717, 1.165) is 17.6 Å². The molecule has 2 heteroatoms. The van der Waals surface area contributed by atoms with E-state index in [4.69, 9.17) is 5.11 Å². The van der Waals surface area contributed by atoms with Crippen LogP contribution in [-0.4, -0.2) is 25.8 Å². The summed E-state index contributed by atoms with van der Waals surface area (Å²) in [5.41, 5.74) is 3.40. The molecule has 0 radical (unpaired) electrons. The molecular formula is C13H19NO. The Bertz CT molecular complexity index is 319. The van der Waals surface area contributed by atoms with E-state index in [2.05, 4.69) is 36.1 Å². The molecule has 0 atom stereocenters. The van der Waals surface area contributed by atoms with Gasteiger partial charge in [-0.2, -0.15) is 0 Å². The van der Waals surface area contributed by atoms with Gasteiger partial charge in [-0.05, 0) is 29.7 Å². The SMILES string of the molecule is CCC(=Cc1ccc(N(C)C)cc1)CO. The third-order valence-corrected chi connectivity index (χ3v) is 2.44. The highest BCUT2D eigenvalue weighted by atomic mass is 16.3. The molecule has 0 aromatic heterocycles. The minimum absolute atomic E-state index is 0.145. The van der Waals surface area contributed by atoms with Crippen LogP contribution in [0.4, 0.5) is 5.69 Å². The van der Waals surface area contributed by atoms with Crippen LogP contribution in [0.3, 0.4) is 0 Å². The van der Waals surface area contributed by atoms with Crippen LogP contribution < -0.4 is 4.90 Å². The molecule has 1 rings (SSSR count). The van der Waals surface area contributed by atoms with Crippen LogP contribution in [0.25, 0.3) is 6.08 Å². The molecule has 0 saturated carbocycles. The van der Waals surface area contributed by atoms with Crippen molar-refractivity contribution < 1.29 is 5.11 Å². The van der Waals surface area contributed by atoms with Gasteiger partial charge in [0.25, 0.3) is 0 Å². The molecule has 0 unspecified atom stereocenters. The Labute approximate surface area is 91.9 Å². The van der Waals surface area contributed by atoms with Crippen molar-refractivity contribution in [3.8, 4) is 0 Å². The molecular weight excluding hydrogens is 186 g/mol. The van der Waals surface area contributed by atoms with Gasteiger partial charge in [0.2, 0.25) is 0 Å². The highest BCUT2D eigenvalue weighted by Crippen LogP contribution is 2.15. The van der Waals surface area contributed by atoms with E-state index in [-0.39, 0.29) is 6.61 Å². The van der Waals surface area contributed by atoms with E-state index < -0.39 is 0 Å². The molecule has 1 N–H and O–H groups in total.